The van der Waals surface area contributed by atoms with E-state index in [1.807, 2.05) is 11.0 Å². The molecule has 0 saturated carbocycles. The van der Waals surface area contributed by atoms with Crippen LogP contribution in [0.4, 0.5) is 5.95 Å². The van der Waals surface area contributed by atoms with Crippen LogP contribution in [0, 0.1) is 0 Å². The first-order valence-corrected chi connectivity index (χ1v) is 10.9. The van der Waals surface area contributed by atoms with Crippen LogP contribution in [0.1, 0.15) is 31.0 Å². The molecule has 27 heavy (non-hydrogen) atoms. The van der Waals surface area contributed by atoms with Crippen LogP contribution in [0.3, 0.4) is 0 Å². The third-order valence-corrected chi connectivity index (χ3v) is 6.76. The molecule has 1 aromatic heterocycles. The van der Waals surface area contributed by atoms with Gasteiger partial charge in [-0.25, -0.2) is 18.4 Å². The quantitative estimate of drug-likeness (QED) is 0.853. The lowest BCUT2D eigenvalue weighted by Crippen LogP contribution is -2.65. The van der Waals surface area contributed by atoms with E-state index in [0.29, 0.717) is 18.9 Å². The summed E-state index contributed by atoms with van der Waals surface area (Å²) < 4.78 is 23.9. The van der Waals surface area contributed by atoms with Gasteiger partial charge in [-0.15, -0.1) is 0 Å². The molecule has 1 amide bonds. The Morgan fingerprint density at radius 2 is 2.04 bits per heavy atom. The maximum Gasteiger partial charge on any atom is 0.243 e. The minimum absolute atomic E-state index is 0.262. The summed E-state index contributed by atoms with van der Waals surface area (Å²) in [5.41, 5.74) is 8.34. The van der Waals surface area contributed by atoms with Gasteiger partial charge in [-0.2, -0.15) is 0 Å². The van der Waals surface area contributed by atoms with E-state index in [4.69, 9.17) is 15.7 Å². The number of hydrogen-bond acceptors (Lipinski definition) is 6. The summed E-state index contributed by atoms with van der Waals surface area (Å²) in [6.45, 7) is 2.47. The number of amides is 1. The largest absolute Gasteiger partial charge is 0.368 e. The number of primary amides is 1. The maximum absolute atomic E-state index is 11.9. The number of sulfone groups is 1. The fourth-order valence-electron chi connectivity index (χ4n) is 3.79. The number of hydrogen-bond donors (Lipinski definition) is 1. The Labute approximate surface area is 158 Å². The summed E-state index contributed by atoms with van der Waals surface area (Å²) in [6, 6.07) is 6.83. The molecule has 1 aliphatic heterocycles. The molecule has 1 fully saturated rings. The number of rotatable bonds is 4. The molecule has 2 N–H and O–H groups in total. The third kappa shape index (κ3) is 2.88. The average molecular weight is 386 g/mol. The molecular weight excluding hydrogens is 364 g/mol. The van der Waals surface area contributed by atoms with Crippen LogP contribution in [0.5, 0.6) is 0 Å². The number of aromatic nitrogens is 2. The molecule has 8 heteroatoms. The second-order valence-corrected chi connectivity index (χ2v) is 9.51. The van der Waals surface area contributed by atoms with Crippen molar-refractivity contribution in [3.05, 3.63) is 35.5 Å². The molecule has 1 saturated heterocycles. The zero-order valence-electron chi connectivity index (χ0n) is 15.4. The molecule has 1 aromatic carbocycles. The SMILES string of the molecule is CC1(C(N)=O)CCN1c1nc2c(c(-c3cccc(S(C)(=O)=O)c3)n1)CCC2. The standard InChI is InChI=1S/C19H22N4O3S/c1-19(17(20)24)9-10-23(19)18-21-15-8-4-7-14(15)16(22-18)12-5-3-6-13(11-12)27(2,25)26/h3,5-6,11H,4,7-10H2,1-2H3,(H2,20,24). The van der Waals surface area contributed by atoms with Crippen molar-refractivity contribution >= 4 is 21.7 Å². The number of aryl methyl sites for hydroxylation is 1. The fraction of sp³-hybridized carbons (Fsp3) is 0.421. The van der Waals surface area contributed by atoms with Gasteiger partial charge in [0.15, 0.2) is 9.84 Å². The van der Waals surface area contributed by atoms with E-state index in [9.17, 15) is 13.2 Å². The average Bonchev–Trinajstić information content (AvgIpc) is 3.07. The smallest absolute Gasteiger partial charge is 0.243 e. The number of nitrogens with two attached hydrogens (primary N) is 1. The van der Waals surface area contributed by atoms with E-state index >= 15 is 0 Å². The van der Waals surface area contributed by atoms with Crippen molar-refractivity contribution in [3.8, 4) is 11.3 Å². The van der Waals surface area contributed by atoms with Gasteiger partial charge in [0.25, 0.3) is 0 Å². The second kappa shape index (κ2) is 6.02. The van der Waals surface area contributed by atoms with Crippen LogP contribution in [0.2, 0.25) is 0 Å². The second-order valence-electron chi connectivity index (χ2n) is 7.49. The molecule has 0 bridgehead atoms. The van der Waals surface area contributed by atoms with Crippen molar-refractivity contribution in [1.82, 2.24) is 9.97 Å². The summed E-state index contributed by atoms with van der Waals surface area (Å²) in [6.07, 6.45) is 4.56. The van der Waals surface area contributed by atoms with Gasteiger partial charge in [0.1, 0.15) is 5.54 Å². The summed E-state index contributed by atoms with van der Waals surface area (Å²) in [4.78, 5) is 23.4. The van der Waals surface area contributed by atoms with Gasteiger partial charge in [0, 0.05) is 29.6 Å². The van der Waals surface area contributed by atoms with Crippen LogP contribution < -0.4 is 10.6 Å². The first kappa shape index (κ1) is 17.9. The lowest BCUT2D eigenvalue weighted by Gasteiger charge is -2.48. The van der Waals surface area contributed by atoms with E-state index in [2.05, 4.69) is 0 Å². The van der Waals surface area contributed by atoms with Gasteiger partial charge in [-0.1, -0.05) is 12.1 Å². The Morgan fingerprint density at radius 3 is 2.67 bits per heavy atom. The molecule has 4 rings (SSSR count). The van der Waals surface area contributed by atoms with Gasteiger partial charge in [-0.05, 0) is 44.7 Å². The Hall–Kier alpha value is -2.48. The third-order valence-electron chi connectivity index (χ3n) is 5.65. The number of benzene rings is 1. The van der Waals surface area contributed by atoms with Crippen LogP contribution in [0.15, 0.2) is 29.2 Å². The van der Waals surface area contributed by atoms with Crippen molar-refractivity contribution in [2.75, 3.05) is 17.7 Å². The van der Waals surface area contributed by atoms with E-state index in [1.165, 1.54) is 6.26 Å². The highest BCUT2D eigenvalue weighted by molar-refractivity contribution is 7.90. The Morgan fingerprint density at radius 1 is 1.26 bits per heavy atom. The van der Waals surface area contributed by atoms with Crippen molar-refractivity contribution in [2.24, 2.45) is 5.73 Å². The van der Waals surface area contributed by atoms with E-state index in [-0.39, 0.29) is 4.90 Å². The predicted octanol–water partition coefficient (Wildman–Crippen LogP) is 1.49. The molecule has 142 valence electrons. The molecule has 0 radical (unpaired) electrons. The minimum Gasteiger partial charge on any atom is -0.368 e. The van der Waals surface area contributed by atoms with Gasteiger partial charge in [0.05, 0.1) is 10.6 Å². The van der Waals surface area contributed by atoms with Crippen molar-refractivity contribution < 1.29 is 13.2 Å². The molecule has 1 aliphatic carbocycles. The Kier molecular flexibility index (Phi) is 3.99. The summed E-state index contributed by atoms with van der Waals surface area (Å²) in [7, 11) is -3.31. The number of carbonyl (C=O) groups excluding carboxylic acids is 1. The van der Waals surface area contributed by atoms with E-state index in [0.717, 1.165) is 41.8 Å². The van der Waals surface area contributed by atoms with Crippen LogP contribution in [-0.2, 0) is 27.5 Å². The number of nitrogens with zero attached hydrogens (tertiary/aromatic N) is 3. The van der Waals surface area contributed by atoms with Gasteiger partial charge in [0.2, 0.25) is 11.9 Å². The van der Waals surface area contributed by atoms with Crippen LogP contribution >= 0.6 is 0 Å². The van der Waals surface area contributed by atoms with Crippen molar-refractivity contribution in [1.29, 1.82) is 0 Å². The first-order valence-electron chi connectivity index (χ1n) is 8.98. The Bertz CT molecular complexity index is 1050. The Balaban J connectivity index is 1.85. The van der Waals surface area contributed by atoms with Crippen LogP contribution in [0.25, 0.3) is 11.3 Å². The van der Waals surface area contributed by atoms with Crippen molar-refractivity contribution in [3.63, 3.8) is 0 Å². The van der Waals surface area contributed by atoms with Gasteiger partial charge < -0.3 is 10.6 Å². The molecule has 2 aromatic rings. The molecule has 7 nitrogen and oxygen atoms in total. The highest BCUT2D eigenvalue weighted by Crippen LogP contribution is 2.38. The van der Waals surface area contributed by atoms with Gasteiger partial charge >= 0.3 is 0 Å². The molecule has 2 heterocycles. The zero-order valence-corrected chi connectivity index (χ0v) is 16.2. The normalized spacial score (nSPS) is 21.6. The lowest BCUT2D eigenvalue weighted by atomic mass is 9.86. The predicted molar refractivity (Wildman–Crippen MR) is 102 cm³/mol. The van der Waals surface area contributed by atoms with E-state index < -0.39 is 21.3 Å². The highest BCUT2D eigenvalue weighted by atomic mass is 32.2. The fourth-order valence-corrected chi connectivity index (χ4v) is 4.46. The summed E-state index contributed by atoms with van der Waals surface area (Å²) >= 11 is 0. The van der Waals surface area contributed by atoms with Crippen molar-refractivity contribution in [2.45, 2.75) is 43.0 Å². The molecule has 1 atom stereocenters. The number of fused-ring (bicyclic) bond motifs is 1. The number of anilines is 1. The molecular formula is C19H22N4O3S. The summed E-state index contributed by atoms with van der Waals surface area (Å²) in [5.74, 6) is 0.0985. The topological polar surface area (TPSA) is 106 Å². The number of carbonyl (C=O) groups is 1. The zero-order chi connectivity index (χ0) is 19.4. The highest BCUT2D eigenvalue weighted by Gasteiger charge is 2.47. The van der Waals surface area contributed by atoms with Crippen LogP contribution in [-0.4, -0.2) is 42.6 Å². The van der Waals surface area contributed by atoms with E-state index in [1.54, 1.807) is 25.1 Å². The minimum atomic E-state index is -3.31. The monoisotopic (exact) mass is 386 g/mol. The lowest BCUT2D eigenvalue weighted by molar-refractivity contribution is -0.124. The first-order chi connectivity index (χ1) is 12.7. The molecule has 1 unspecified atom stereocenters. The summed E-state index contributed by atoms with van der Waals surface area (Å²) in [5, 5.41) is 0. The maximum atomic E-state index is 11.9. The molecule has 0 spiro atoms. The molecule has 2 aliphatic rings. The van der Waals surface area contributed by atoms with Gasteiger partial charge in [-0.3, -0.25) is 4.79 Å².